The van der Waals surface area contributed by atoms with Gasteiger partial charge in [-0.1, -0.05) is 36.4 Å². The molecule has 0 spiro atoms. The Hall–Kier alpha value is -5.31. The highest BCUT2D eigenvalue weighted by atomic mass is 16.2. The highest BCUT2D eigenvalue weighted by Gasteiger charge is 2.19. The minimum Gasteiger partial charge on any atom is -0.307 e. The van der Waals surface area contributed by atoms with Crippen LogP contribution >= 0.6 is 0 Å². The molecule has 6 aromatic rings. The molecule has 2 amide bonds. The maximum absolute atomic E-state index is 13.2. The van der Waals surface area contributed by atoms with Crippen LogP contribution in [-0.4, -0.2) is 34.7 Å². The Labute approximate surface area is 206 Å². The van der Waals surface area contributed by atoms with Crippen molar-refractivity contribution in [3.63, 3.8) is 0 Å². The second kappa shape index (κ2) is 9.15. The fraction of sp³-hybridized carbons (Fsp3) is 0. The van der Waals surface area contributed by atoms with E-state index in [1.807, 2.05) is 119 Å². The van der Waals surface area contributed by atoms with Gasteiger partial charge in [-0.25, -0.2) is 14.2 Å². The lowest BCUT2D eigenvalue weighted by atomic mass is 10.3. The molecule has 176 valence electrons. The molecule has 0 aliphatic rings. The van der Waals surface area contributed by atoms with Crippen LogP contribution < -0.4 is 10.6 Å². The summed E-state index contributed by atoms with van der Waals surface area (Å²) in [7, 11) is 0. The lowest BCUT2D eigenvalue weighted by Crippen LogP contribution is -2.21. The minimum atomic E-state index is -0.406. The number of hydrogen-bond donors (Lipinski definition) is 2. The Morgan fingerprint density at radius 2 is 0.944 bits per heavy atom. The Balaban J connectivity index is 1.33. The smallest absolute Gasteiger partial charge is 0.307 e. The van der Waals surface area contributed by atoms with E-state index in [0.29, 0.717) is 23.0 Å². The standard InChI is InChI=1S/C27H22N8O/c36-27(30-23-19-28-34(21-11-3-1-4-12-21)25(23)32-15-7-8-16-32)31-24-20-29-35(22-13-5-2-6-14-22)26(24)33-17-9-10-18-33/h1-20H,(H2,30,31,36). The Morgan fingerprint density at radius 3 is 1.33 bits per heavy atom. The second-order valence-corrected chi connectivity index (χ2v) is 8.02. The summed E-state index contributed by atoms with van der Waals surface area (Å²) in [6.07, 6.45) is 10.9. The van der Waals surface area contributed by atoms with E-state index in [1.165, 1.54) is 0 Å². The quantitative estimate of drug-likeness (QED) is 0.344. The van der Waals surface area contributed by atoms with Crippen molar-refractivity contribution in [1.29, 1.82) is 0 Å². The fourth-order valence-corrected chi connectivity index (χ4v) is 4.10. The number of carbonyl (C=O) groups excluding carboxylic acids is 1. The van der Waals surface area contributed by atoms with E-state index in [-0.39, 0.29) is 0 Å². The van der Waals surface area contributed by atoms with Gasteiger partial charge < -0.3 is 19.8 Å². The molecular weight excluding hydrogens is 452 g/mol. The molecule has 6 rings (SSSR count). The van der Waals surface area contributed by atoms with Crippen LogP contribution in [0.2, 0.25) is 0 Å². The summed E-state index contributed by atoms with van der Waals surface area (Å²) in [5.41, 5.74) is 2.89. The molecular formula is C27H22N8O. The number of hydrogen-bond acceptors (Lipinski definition) is 3. The molecule has 0 fully saturated rings. The summed E-state index contributed by atoms with van der Waals surface area (Å²) >= 11 is 0. The van der Waals surface area contributed by atoms with Gasteiger partial charge in [-0.15, -0.1) is 0 Å². The van der Waals surface area contributed by atoms with E-state index in [2.05, 4.69) is 20.8 Å². The van der Waals surface area contributed by atoms with Crippen LogP contribution in [0.25, 0.3) is 23.0 Å². The first kappa shape index (κ1) is 21.2. The number of benzene rings is 2. The third-order valence-corrected chi connectivity index (χ3v) is 5.68. The summed E-state index contributed by atoms with van der Waals surface area (Å²) in [5.74, 6) is 1.43. The van der Waals surface area contributed by atoms with Crippen LogP contribution in [0, 0.1) is 0 Å². The van der Waals surface area contributed by atoms with Gasteiger partial charge in [0, 0.05) is 24.8 Å². The molecule has 2 aromatic carbocycles. The van der Waals surface area contributed by atoms with Crippen molar-refractivity contribution in [2.24, 2.45) is 0 Å². The van der Waals surface area contributed by atoms with Crippen molar-refractivity contribution in [2.75, 3.05) is 10.6 Å². The summed E-state index contributed by atoms with van der Waals surface area (Å²) < 4.78 is 7.39. The van der Waals surface area contributed by atoms with Gasteiger partial charge >= 0.3 is 6.03 Å². The van der Waals surface area contributed by atoms with Gasteiger partial charge in [-0.05, 0) is 48.5 Å². The van der Waals surface area contributed by atoms with Gasteiger partial charge in [0.05, 0.1) is 23.8 Å². The molecule has 0 unspecified atom stereocenters. The first-order valence-corrected chi connectivity index (χ1v) is 11.4. The Bertz CT molecular complexity index is 1460. The monoisotopic (exact) mass is 474 g/mol. The molecule has 0 atom stereocenters. The predicted molar refractivity (Wildman–Crippen MR) is 138 cm³/mol. The van der Waals surface area contributed by atoms with E-state index in [0.717, 1.165) is 11.4 Å². The molecule has 0 radical (unpaired) electrons. The van der Waals surface area contributed by atoms with Crippen molar-refractivity contribution in [3.05, 3.63) is 122 Å². The number of aromatic nitrogens is 6. The van der Waals surface area contributed by atoms with Crippen LogP contribution in [0.1, 0.15) is 0 Å². The maximum Gasteiger partial charge on any atom is 0.323 e. The van der Waals surface area contributed by atoms with Crippen molar-refractivity contribution in [2.45, 2.75) is 0 Å². The summed E-state index contributed by atoms with van der Waals surface area (Å²) in [4.78, 5) is 13.2. The van der Waals surface area contributed by atoms with Gasteiger partial charge in [0.25, 0.3) is 0 Å². The van der Waals surface area contributed by atoms with Gasteiger partial charge in [-0.2, -0.15) is 10.2 Å². The van der Waals surface area contributed by atoms with Crippen molar-refractivity contribution < 1.29 is 4.79 Å². The van der Waals surface area contributed by atoms with Gasteiger partial charge in [-0.3, -0.25) is 0 Å². The lowest BCUT2D eigenvalue weighted by molar-refractivity contribution is 0.262. The fourth-order valence-electron chi connectivity index (χ4n) is 4.10. The van der Waals surface area contributed by atoms with E-state index >= 15 is 0 Å². The molecule has 0 saturated carbocycles. The molecule has 0 saturated heterocycles. The summed E-state index contributed by atoms with van der Waals surface area (Å²) in [6, 6.07) is 26.8. The number of nitrogens with zero attached hydrogens (tertiary/aromatic N) is 6. The average molecular weight is 475 g/mol. The first-order chi connectivity index (χ1) is 17.8. The van der Waals surface area contributed by atoms with Crippen LogP contribution in [0.4, 0.5) is 16.2 Å². The van der Waals surface area contributed by atoms with Gasteiger partial charge in [0.15, 0.2) is 11.6 Å². The van der Waals surface area contributed by atoms with Crippen LogP contribution in [0.15, 0.2) is 122 Å². The highest BCUT2D eigenvalue weighted by molar-refractivity contribution is 6.01. The minimum absolute atomic E-state index is 0.406. The summed E-state index contributed by atoms with van der Waals surface area (Å²) in [5, 5.41) is 15.0. The Morgan fingerprint density at radius 1 is 0.556 bits per heavy atom. The van der Waals surface area contributed by atoms with Crippen LogP contribution in [0.5, 0.6) is 0 Å². The zero-order chi connectivity index (χ0) is 24.3. The third-order valence-electron chi connectivity index (χ3n) is 5.68. The molecule has 0 bridgehead atoms. The number of carbonyl (C=O) groups is 1. The molecule has 9 heteroatoms. The number of anilines is 2. The average Bonchev–Trinajstić information content (AvgIpc) is 3.72. The zero-order valence-corrected chi connectivity index (χ0v) is 19.1. The number of nitrogens with one attached hydrogen (secondary N) is 2. The molecule has 36 heavy (non-hydrogen) atoms. The lowest BCUT2D eigenvalue weighted by Gasteiger charge is -2.13. The van der Waals surface area contributed by atoms with E-state index in [4.69, 9.17) is 0 Å². The van der Waals surface area contributed by atoms with Crippen molar-refractivity contribution in [1.82, 2.24) is 28.7 Å². The maximum atomic E-state index is 13.2. The molecule has 4 aromatic heterocycles. The largest absolute Gasteiger partial charge is 0.323 e. The molecule has 0 aliphatic carbocycles. The molecule has 2 N–H and O–H groups in total. The number of rotatable bonds is 6. The van der Waals surface area contributed by atoms with Gasteiger partial charge in [0.1, 0.15) is 11.4 Å². The zero-order valence-electron chi connectivity index (χ0n) is 19.1. The number of urea groups is 1. The SMILES string of the molecule is O=C(Nc1cnn(-c2ccccc2)c1-n1cccc1)Nc1cnn(-c2ccccc2)c1-n1cccc1. The van der Waals surface area contributed by atoms with E-state index < -0.39 is 6.03 Å². The predicted octanol–water partition coefficient (Wildman–Crippen LogP) is 5.28. The molecule has 9 nitrogen and oxygen atoms in total. The van der Waals surface area contributed by atoms with Gasteiger partial charge in [0.2, 0.25) is 0 Å². The molecule has 0 aliphatic heterocycles. The van der Waals surface area contributed by atoms with Crippen molar-refractivity contribution in [3.8, 4) is 23.0 Å². The third kappa shape index (κ3) is 3.94. The second-order valence-electron chi connectivity index (χ2n) is 8.02. The van der Waals surface area contributed by atoms with E-state index in [1.54, 1.807) is 21.8 Å². The van der Waals surface area contributed by atoms with Crippen molar-refractivity contribution >= 4 is 17.4 Å². The Kier molecular flexibility index (Phi) is 5.40. The highest BCUT2D eigenvalue weighted by Crippen LogP contribution is 2.26. The normalized spacial score (nSPS) is 10.9. The van der Waals surface area contributed by atoms with E-state index in [9.17, 15) is 4.79 Å². The topological polar surface area (TPSA) is 86.6 Å². The van der Waals surface area contributed by atoms with Crippen LogP contribution in [-0.2, 0) is 0 Å². The summed E-state index contributed by atoms with van der Waals surface area (Å²) in [6.45, 7) is 0. The first-order valence-electron chi connectivity index (χ1n) is 11.4. The van der Waals surface area contributed by atoms with Crippen LogP contribution in [0.3, 0.4) is 0 Å². The number of para-hydroxylation sites is 2. The molecule has 4 heterocycles. The number of amides is 2.